The third kappa shape index (κ3) is 7.06. The Morgan fingerprint density at radius 1 is 0.932 bits per heavy atom. The minimum absolute atomic E-state index is 0.0976. The van der Waals surface area contributed by atoms with Crippen molar-refractivity contribution in [2.24, 2.45) is 5.92 Å². The highest BCUT2D eigenvalue weighted by molar-refractivity contribution is 7.92. The van der Waals surface area contributed by atoms with E-state index in [-0.39, 0.29) is 23.5 Å². The monoisotopic (exact) mass is 641 g/mol. The zero-order chi connectivity index (χ0) is 32.1. The maximum Gasteiger partial charge on any atom is 0.336 e. The van der Waals surface area contributed by atoms with Crippen LogP contribution in [-0.4, -0.2) is 44.8 Å². The zero-order valence-electron chi connectivity index (χ0n) is 24.8. The number of ketones is 1. The molecule has 4 N–H and O–H groups in total. The van der Waals surface area contributed by atoms with E-state index in [4.69, 9.17) is 26.8 Å². The van der Waals surface area contributed by atoms with Crippen molar-refractivity contribution in [2.75, 3.05) is 23.5 Å². The van der Waals surface area contributed by atoms with Crippen LogP contribution in [-0.2, 0) is 45.9 Å². The van der Waals surface area contributed by atoms with Gasteiger partial charge in [0, 0.05) is 11.5 Å². The molecule has 3 aromatic carbocycles. The number of nitrogen functional groups attached to an aromatic ring is 1. The van der Waals surface area contributed by atoms with Crippen molar-refractivity contribution in [1.82, 2.24) is 5.32 Å². The molecule has 0 saturated carbocycles. The van der Waals surface area contributed by atoms with Crippen LogP contribution in [0.3, 0.4) is 0 Å². The van der Waals surface area contributed by atoms with E-state index in [1.54, 1.807) is 63.2 Å². The quantitative estimate of drug-likeness (QED) is 0.163. The summed E-state index contributed by atoms with van der Waals surface area (Å²) in [5.41, 5.74) is 2.63. The molecular formula is C32H36ClN3O7S. The van der Waals surface area contributed by atoms with Gasteiger partial charge in [0.05, 0.1) is 16.4 Å². The van der Waals surface area contributed by atoms with Gasteiger partial charge in [-0.05, 0) is 70.5 Å². The maximum absolute atomic E-state index is 14.6. The summed E-state index contributed by atoms with van der Waals surface area (Å²) in [5, 5.41) is 2.66. The number of benzene rings is 3. The Kier molecular flexibility index (Phi) is 10.0. The van der Waals surface area contributed by atoms with Crippen molar-refractivity contribution >= 4 is 50.7 Å². The Morgan fingerprint density at radius 3 is 2.20 bits per heavy atom. The molecule has 4 rings (SSSR count). The van der Waals surface area contributed by atoms with Gasteiger partial charge in [0.15, 0.2) is 5.78 Å². The number of esters is 2. The molecule has 44 heavy (non-hydrogen) atoms. The molecule has 234 valence electrons. The van der Waals surface area contributed by atoms with Crippen LogP contribution in [0.25, 0.3) is 0 Å². The number of carbonyl (C=O) groups is 3. The average molecular weight is 642 g/mol. The van der Waals surface area contributed by atoms with Crippen LogP contribution in [0.4, 0.5) is 11.4 Å². The molecule has 0 aliphatic carbocycles. The van der Waals surface area contributed by atoms with Gasteiger partial charge in [0.2, 0.25) is 5.41 Å². The van der Waals surface area contributed by atoms with E-state index in [1.807, 2.05) is 0 Å². The molecule has 0 aromatic heterocycles. The van der Waals surface area contributed by atoms with E-state index in [0.29, 0.717) is 31.5 Å². The molecule has 0 amide bonds. The van der Waals surface area contributed by atoms with Crippen LogP contribution in [0.15, 0.2) is 77.7 Å². The highest BCUT2D eigenvalue weighted by atomic mass is 35.5. The highest BCUT2D eigenvalue weighted by Gasteiger charge is 2.60. The summed E-state index contributed by atoms with van der Waals surface area (Å²) in [5.74, 6) is -3.94. The Balaban J connectivity index is 1.92. The van der Waals surface area contributed by atoms with Crippen molar-refractivity contribution in [2.45, 2.75) is 56.1 Å². The van der Waals surface area contributed by atoms with Gasteiger partial charge in [0.25, 0.3) is 10.0 Å². The van der Waals surface area contributed by atoms with E-state index < -0.39 is 54.6 Å². The summed E-state index contributed by atoms with van der Waals surface area (Å²) in [7, 11) is -4.43. The van der Waals surface area contributed by atoms with E-state index in [9.17, 15) is 22.8 Å². The maximum atomic E-state index is 14.6. The second kappa shape index (κ2) is 13.4. The summed E-state index contributed by atoms with van der Waals surface area (Å²) in [4.78, 5) is 42.7. The number of Topliss-reactive ketones (excluding diaryl/α,β-unsaturated/α-hetero) is 1. The second-order valence-corrected chi connectivity index (χ2v) is 13.5. The highest BCUT2D eigenvalue weighted by Crippen LogP contribution is 2.42. The number of para-hydroxylation sites is 2. The lowest BCUT2D eigenvalue weighted by molar-refractivity contribution is -0.176. The number of hydrogen-bond acceptors (Lipinski definition) is 9. The van der Waals surface area contributed by atoms with Crippen molar-refractivity contribution in [3.8, 4) is 0 Å². The smallest absolute Gasteiger partial charge is 0.336 e. The van der Waals surface area contributed by atoms with Crippen LogP contribution in [0.2, 0.25) is 5.02 Å². The van der Waals surface area contributed by atoms with Gasteiger partial charge < -0.3 is 20.5 Å². The SMILES string of the molecule is CC(C)(C)OC(=O)C(C(=O)OCc1ccccc1)(C(=O)C1CCNCC1)c1cccc(S(=O)(=O)Nc2ccccc2N)c1Cl. The molecule has 1 atom stereocenters. The predicted molar refractivity (Wildman–Crippen MR) is 167 cm³/mol. The summed E-state index contributed by atoms with van der Waals surface area (Å²) < 4.78 is 41.0. The summed E-state index contributed by atoms with van der Waals surface area (Å²) in [6, 6.07) is 18.8. The fourth-order valence-corrected chi connectivity index (χ4v) is 6.77. The van der Waals surface area contributed by atoms with E-state index in [0.717, 1.165) is 0 Å². The van der Waals surface area contributed by atoms with E-state index in [1.165, 1.54) is 30.3 Å². The van der Waals surface area contributed by atoms with Gasteiger partial charge in [0.1, 0.15) is 17.1 Å². The molecule has 0 radical (unpaired) electrons. The Hall–Kier alpha value is -3.93. The van der Waals surface area contributed by atoms with Gasteiger partial charge in [-0.25, -0.2) is 18.0 Å². The first-order valence-corrected chi connectivity index (χ1v) is 16.0. The van der Waals surface area contributed by atoms with Crippen molar-refractivity contribution < 1.29 is 32.3 Å². The lowest BCUT2D eigenvalue weighted by Gasteiger charge is -2.36. The molecular weight excluding hydrogens is 606 g/mol. The van der Waals surface area contributed by atoms with Crippen LogP contribution in [0.5, 0.6) is 0 Å². The number of hydrogen-bond donors (Lipinski definition) is 3. The Morgan fingerprint density at radius 2 is 1.57 bits per heavy atom. The number of nitrogens with one attached hydrogen (secondary N) is 2. The number of piperidine rings is 1. The fraction of sp³-hybridized carbons (Fsp3) is 0.344. The lowest BCUT2D eigenvalue weighted by Crippen LogP contribution is -2.57. The number of carbonyl (C=O) groups excluding carboxylic acids is 3. The van der Waals surface area contributed by atoms with Crippen molar-refractivity contribution in [3.05, 3.63) is 88.9 Å². The molecule has 1 aliphatic heterocycles. The zero-order valence-corrected chi connectivity index (χ0v) is 26.3. The van der Waals surface area contributed by atoms with E-state index in [2.05, 4.69) is 10.0 Å². The minimum Gasteiger partial charge on any atom is -0.459 e. The molecule has 1 aliphatic rings. The molecule has 10 nitrogen and oxygen atoms in total. The van der Waals surface area contributed by atoms with E-state index >= 15 is 0 Å². The van der Waals surface area contributed by atoms with Gasteiger partial charge in [-0.15, -0.1) is 0 Å². The molecule has 0 bridgehead atoms. The first-order chi connectivity index (χ1) is 20.8. The van der Waals surface area contributed by atoms with Crippen molar-refractivity contribution in [1.29, 1.82) is 0 Å². The predicted octanol–water partition coefficient (Wildman–Crippen LogP) is 4.61. The largest absolute Gasteiger partial charge is 0.459 e. The standard InChI is InChI=1S/C32H36ClN3O7S/c1-31(2,3)43-30(39)32(28(37)22-16-18-35-19-17-22,29(38)42-20-21-10-5-4-6-11-21)23-12-9-15-26(27(23)33)44(40,41)36-25-14-8-7-13-24(25)34/h4-15,22,35-36H,16-20,34H2,1-3H3. The third-order valence-electron chi connectivity index (χ3n) is 7.17. The third-order valence-corrected chi connectivity index (χ3v) is 9.09. The number of ether oxygens (including phenoxy) is 2. The number of sulfonamides is 1. The fourth-order valence-electron chi connectivity index (χ4n) is 5.01. The summed E-state index contributed by atoms with van der Waals surface area (Å²) >= 11 is 6.81. The molecule has 0 spiro atoms. The molecule has 3 aromatic rings. The molecule has 1 fully saturated rings. The van der Waals surface area contributed by atoms with Crippen LogP contribution in [0, 0.1) is 5.92 Å². The van der Waals surface area contributed by atoms with Gasteiger partial charge in [-0.3, -0.25) is 9.52 Å². The number of halogens is 1. The number of rotatable bonds is 10. The average Bonchev–Trinajstić information content (AvgIpc) is 2.98. The first-order valence-electron chi connectivity index (χ1n) is 14.1. The van der Waals surface area contributed by atoms with Gasteiger partial charge in [-0.2, -0.15) is 0 Å². The number of nitrogens with two attached hydrogens (primary N) is 1. The van der Waals surface area contributed by atoms with Crippen LogP contribution in [0.1, 0.15) is 44.7 Å². The summed E-state index contributed by atoms with van der Waals surface area (Å²) in [6.45, 7) is 5.48. The first kappa shape index (κ1) is 33.0. The number of anilines is 2. The Bertz CT molecular complexity index is 1630. The second-order valence-electron chi connectivity index (χ2n) is 11.5. The lowest BCUT2D eigenvalue weighted by atomic mass is 9.70. The van der Waals surface area contributed by atoms with Crippen molar-refractivity contribution in [3.63, 3.8) is 0 Å². The molecule has 1 unspecified atom stereocenters. The van der Waals surface area contributed by atoms with Crippen LogP contribution >= 0.6 is 11.6 Å². The normalized spacial score (nSPS) is 15.5. The topological polar surface area (TPSA) is 154 Å². The minimum atomic E-state index is -4.43. The van der Waals surface area contributed by atoms with Crippen LogP contribution < -0.4 is 15.8 Å². The van der Waals surface area contributed by atoms with Gasteiger partial charge in [-0.1, -0.05) is 66.2 Å². The molecule has 12 heteroatoms. The molecule has 1 saturated heterocycles. The van der Waals surface area contributed by atoms with Gasteiger partial charge >= 0.3 is 11.9 Å². The Labute approximate surface area is 262 Å². The molecule has 1 heterocycles. The summed E-state index contributed by atoms with van der Waals surface area (Å²) in [6.07, 6.45) is 0.666.